The van der Waals surface area contributed by atoms with E-state index in [0.29, 0.717) is 32.5 Å². The number of nitrogen functional groups attached to an aromatic ring is 1. The zero-order valence-corrected chi connectivity index (χ0v) is 12.5. The number of rotatable bonds is 5. The highest BCUT2D eigenvalue weighted by Crippen LogP contribution is 2.23. The second kappa shape index (κ2) is 6.91. The smallest absolute Gasteiger partial charge is 0.221 e. The minimum absolute atomic E-state index is 0.0322. The molecule has 0 aromatic heterocycles. The van der Waals surface area contributed by atoms with Gasteiger partial charge in [-0.1, -0.05) is 19.1 Å². The predicted octanol–water partition coefficient (Wildman–Crippen LogP) is 1.42. The molecule has 1 saturated heterocycles. The van der Waals surface area contributed by atoms with Crippen LogP contribution in [0.15, 0.2) is 24.3 Å². The van der Waals surface area contributed by atoms with Crippen molar-refractivity contribution >= 4 is 11.6 Å². The average molecular weight is 292 g/mol. The van der Waals surface area contributed by atoms with Crippen molar-refractivity contribution in [3.05, 3.63) is 29.8 Å². The van der Waals surface area contributed by atoms with Crippen LogP contribution in [0.5, 0.6) is 0 Å². The normalized spacial score (nSPS) is 19.0. The Morgan fingerprint density at radius 3 is 2.57 bits per heavy atom. The van der Waals surface area contributed by atoms with E-state index >= 15 is 0 Å². The SMILES string of the molecule is CC(CC(=O)NC1(CO)CCOCC1)c1ccc(N)cc1. The van der Waals surface area contributed by atoms with E-state index in [4.69, 9.17) is 10.5 Å². The van der Waals surface area contributed by atoms with E-state index < -0.39 is 5.54 Å². The second-order valence-electron chi connectivity index (χ2n) is 5.87. The number of anilines is 1. The van der Waals surface area contributed by atoms with Crippen molar-refractivity contribution < 1.29 is 14.6 Å². The number of ether oxygens (including phenoxy) is 1. The van der Waals surface area contributed by atoms with Crippen molar-refractivity contribution in [3.63, 3.8) is 0 Å². The second-order valence-corrected chi connectivity index (χ2v) is 5.87. The van der Waals surface area contributed by atoms with E-state index in [0.717, 1.165) is 11.3 Å². The molecular weight excluding hydrogens is 268 g/mol. The Morgan fingerprint density at radius 1 is 1.38 bits per heavy atom. The summed E-state index contributed by atoms with van der Waals surface area (Å²) in [5, 5.41) is 12.6. The lowest BCUT2D eigenvalue weighted by Gasteiger charge is -2.36. The molecule has 0 radical (unpaired) electrons. The van der Waals surface area contributed by atoms with Gasteiger partial charge < -0.3 is 20.9 Å². The first kappa shape index (κ1) is 15.8. The summed E-state index contributed by atoms with van der Waals surface area (Å²) in [6, 6.07) is 7.59. The van der Waals surface area contributed by atoms with Crippen LogP contribution >= 0.6 is 0 Å². The molecule has 2 rings (SSSR count). The highest BCUT2D eigenvalue weighted by molar-refractivity contribution is 5.77. The van der Waals surface area contributed by atoms with Crippen LogP contribution in [0.4, 0.5) is 5.69 Å². The number of aliphatic hydroxyl groups excluding tert-OH is 1. The van der Waals surface area contributed by atoms with Crippen LogP contribution in [-0.2, 0) is 9.53 Å². The highest BCUT2D eigenvalue weighted by atomic mass is 16.5. The molecule has 0 saturated carbocycles. The van der Waals surface area contributed by atoms with Gasteiger partial charge in [-0.05, 0) is 36.5 Å². The first-order chi connectivity index (χ1) is 10.0. The largest absolute Gasteiger partial charge is 0.399 e. The van der Waals surface area contributed by atoms with Crippen molar-refractivity contribution in [2.24, 2.45) is 0 Å². The Hall–Kier alpha value is -1.59. The van der Waals surface area contributed by atoms with Gasteiger partial charge in [0.15, 0.2) is 0 Å². The number of aliphatic hydroxyl groups is 1. The summed E-state index contributed by atoms with van der Waals surface area (Å²) in [6.07, 6.45) is 1.71. The van der Waals surface area contributed by atoms with Crippen molar-refractivity contribution in [3.8, 4) is 0 Å². The zero-order chi connectivity index (χ0) is 15.3. The number of nitrogens with one attached hydrogen (secondary N) is 1. The van der Waals surface area contributed by atoms with Crippen LogP contribution < -0.4 is 11.1 Å². The van der Waals surface area contributed by atoms with Gasteiger partial charge in [-0.2, -0.15) is 0 Å². The third kappa shape index (κ3) is 4.19. The number of benzene rings is 1. The third-order valence-corrected chi connectivity index (χ3v) is 4.15. The Balaban J connectivity index is 1.92. The van der Waals surface area contributed by atoms with Gasteiger partial charge in [0.1, 0.15) is 0 Å². The van der Waals surface area contributed by atoms with Crippen LogP contribution in [0.3, 0.4) is 0 Å². The van der Waals surface area contributed by atoms with E-state index in [9.17, 15) is 9.90 Å². The lowest BCUT2D eigenvalue weighted by Crippen LogP contribution is -2.54. The predicted molar refractivity (Wildman–Crippen MR) is 81.9 cm³/mol. The van der Waals surface area contributed by atoms with E-state index in [1.807, 2.05) is 31.2 Å². The van der Waals surface area contributed by atoms with Crippen LogP contribution in [0.1, 0.15) is 37.7 Å². The maximum Gasteiger partial charge on any atom is 0.221 e. The average Bonchev–Trinajstić information content (AvgIpc) is 2.48. The van der Waals surface area contributed by atoms with E-state index in [2.05, 4.69) is 5.32 Å². The van der Waals surface area contributed by atoms with Crippen LogP contribution in [0, 0.1) is 0 Å². The molecule has 0 bridgehead atoms. The molecule has 1 aromatic carbocycles. The molecule has 5 heteroatoms. The fourth-order valence-corrected chi connectivity index (χ4v) is 2.65. The number of carbonyl (C=O) groups is 1. The minimum Gasteiger partial charge on any atom is -0.399 e. The van der Waals surface area contributed by atoms with Gasteiger partial charge in [0, 0.05) is 25.3 Å². The van der Waals surface area contributed by atoms with Gasteiger partial charge in [0.05, 0.1) is 12.1 Å². The fraction of sp³-hybridized carbons (Fsp3) is 0.562. The molecular formula is C16H24N2O3. The molecule has 1 aromatic rings. The summed E-state index contributed by atoms with van der Waals surface area (Å²) in [5.41, 5.74) is 6.96. The first-order valence-electron chi connectivity index (χ1n) is 7.40. The van der Waals surface area contributed by atoms with E-state index in [1.54, 1.807) is 0 Å². The molecule has 1 fully saturated rings. The standard InChI is InChI=1S/C16H24N2O3/c1-12(13-2-4-14(17)5-3-13)10-15(20)18-16(11-19)6-8-21-9-7-16/h2-5,12,19H,6-11,17H2,1H3,(H,18,20). The monoisotopic (exact) mass is 292 g/mol. The summed E-state index contributed by atoms with van der Waals surface area (Å²) < 4.78 is 5.30. The number of hydrogen-bond donors (Lipinski definition) is 3. The van der Waals surface area contributed by atoms with Crippen LogP contribution in [0.25, 0.3) is 0 Å². The van der Waals surface area contributed by atoms with Gasteiger partial charge in [-0.3, -0.25) is 4.79 Å². The minimum atomic E-state index is -0.518. The summed E-state index contributed by atoms with van der Waals surface area (Å²) in [4.78, 5) is 12.2. The molecule has 1 amide bonds. The summed E-state index contributed by atoms with van der Waals surface area (Å²) in [6.45, 7) is 3.13. The lowest BCUT2D eigenvalue weighted by atomic mass is 9.90. The fourth-order valence-electron chi connectivity index (χ4n) is 2.65. The number of hydrogen-bond acceptors (Lipinski definition) is 4. The van der Waals surface area contributed by atoms with Crippen LogP contribution in [-0.4, -0.2) is 36.4 Å². The first-order valence-corrected chi connectivity index (χ1v) is 7.40. The molecule has 5 nitrogen and oxygen atoms in total. The lowest BCUT2D eigenvalue weighted by molar-refractivity contribution is -0.125. The van der Waals surface area contributed by atoms with Crippen molar-refractivity contribution in [2.45, 2.75) is 37.6 Å². The Bertz CT molecular complexity index is 467. The Kier molecular flexibility index (Phi) is 5.20. The maximum atomic E-state index is 12.2. The molecule has 21 heavy (non-hydrogen) atoms. The quantitative estimate of drug-likeness (QED) is 0.717. The molecule has 1 aliphatic heterocycles. The van der Waals surface area contributed by atoms with E-state index in [1.165, 1.54) is 0 Å². The molecule has 116 valence electrons. The summed E-state index contributed by atoms with van der Waals surface area (Å²) in [5.74, 6) is 0.0801. The van der Waals surface area contributed by atoms with Crippen LogP contribution in [0.2, 0.25) is 0 Å². The zero-order valence-electron chi connectivity index (χ0n) is 12.5. The molecule has 4 N–H and O–H groups in total. The third-order valence-electron chi connectivity index (χ3n) is 4.15. The summed E-state index contributed by atoms with van der Waals surface area (Å²) in [7, 11) is 0. The van der Waals surface area contributed by atoms with Gasteiger partial charge in [0.2, 0.25) is 5.91 Å². The molecule has 1 unspecified atom stereocenters. The Labute approximate surface area is 125 Å². The number of carbonyl (C=O) groups excluding carboxylic acids is 1. The van der Waals surface area contributed by atoms with Crippen molar-refractivity contribution in [1.82, 2.24) is 5.32 Å². The van der Waals surface area contributed by atoms with Crippen molar-refractivity contribution in [1.29, 1.82) is 0 Å². The molecule has 1 heterocycles. The van der Waals surface area contributed by atoms with Gasteiger partial charge in [-0.15, -0.1) is 0 Å². The van der Waals surface area contributed by atoms with E-state index in [-0.39, 0.29) is 18.4 Å². The molecule has 0 aliphatic carbocycles. The molecule has 1 atom stereocenters. The van der Waals surface area contributed by atoms with Crippen molar-refractivity contribution in [2.75, 3.05) is 25.6 Å². The number of amides is 1. The topological polar surface area (TPSA) is 84.6 Å². The Morgan fingerprint density at radius 2 is 2.00 bits per heavy atom. The number of nitrogens with two attached hydrogens (primary N) is 1. The van der Waals surface area contributed by atoms with Gasteiger partial charge in [0.25, 0.3) is 0 Å². The molecule has 1 aliphatic rings. The highest BCUT2D eigenvalue weighted by Gasteiger charge is 2.33. The maximum absolute atomic E-state index is 12.2. The van der Waals surface area contributed by atoms with Gasteiger partial charge >= 0.3 is 0 Å². The molecule has 0 spiro atoms. The summed E-state index contributed by atoms with van der Waals surface area (Å²) >= 11 is 0. The van der Waals surface area contributed by atoms with Gasteiger partial charge in [-0.25, -0.2) is 0 Å².